The predicted octanol–water partition coefficient (Wildman–Crippen LogP) is 0.154. The standard InChI is InChI=1S/C8H8N2O2/c1-10-4-2-3-7(6-10)8(11)5-9-12/h2-6H,1H3/p+1. The first kappa shape index (κ1) is 8.39. The van der Waals surface area contributed by atoms with Crippen LogP contribution in [0.15, 0.2) is 29.7 Å². The summed E-state index contributed by atoms with van der Waals surface area (Å²) < 4.78 is 1.75. The van der Waals surface area contributed by atoms with Crippen LogP contribution in [0.2, 0.25) is 0 Å². The Morgan fingerprint density at radius 3 is 3.08 bits per heavy atom. The summed E-state index contributed by atoms with van der Waals surface area (Å²) in [6, 6.07) is 3.41. The van der Waals surface area contributed by atoms with E-state index in [1.54, 1.807) is 22.9 Å². The fraction of sp³-hybridized carbons (Fsp3) is 0.125. The van der Waals surface area contributed by atoms with Crippen molar-refractivity contribution in [2.75, 3.05) is 0 Å². The van der Waals surface area contributed by atoms with Gasteiger partial charge in [0.2, 0.25) is 5.78 Å². The van der Waals surface area contributed by atoms with Crippen LogP contribution in [-0.4, -0.2) is 17.2 Å². The van der Waals surface area contributed by atoms with Crippen LogP contribution in [0.25, 0.3) is 0 Å². The molecule has 0 fully saturated rings. The lowest BCUT2D eigenvalue weighted by molar-refractivity contribution is -0.671. The number of oxime groups is 1. The van der Waals surface area contributed by atoms with E-state index >= 15 is 0 Å². The number of aryl methyl sites for hydroxylation is 1. The molecule has 0 radical (unpaired) electrons. The Morgan fingerprint density at radius 1 is 1.75 bits per heavy atom. The van der Waals surface area contributed by atoms with Gasteiger partial charge in [-0.15, -0.1) is 0 Å². The first-order valence-corrected chi connectivity index (χ1v) is 3.41. The largest absolute Gasteiger partial charge is 0.411 e. The number of hydrogen-bond acceptors (Lipinski definition) is 3. The Bertz CT molecular complexity index is 321. The second-order valence-corrected chi connectivity index (χ2v) is 2.37. The molecule has 0 bridgehead atoms. The Kier molecular flexibility index (Phi) is 2.53. The molecule has 4 heteroatoms. The predicted molar refractivity (Wildman–Crippen MR) is 42.2 cm³/mol. The van der Waals surface area contributed by atoms with Gasteiger partial charge in [-0.3, -0.25) is 4.79 Å². The highest BCUT2D eigenvalue weighted by molar-refractivity contribution is 6.35. The third-order valence-corrected chi connectivity index (χ3v) is 1.40. The van der Waals surface area contributed by atoms with Gasteiger partial charge in [0.25, 0.3) is 0 Å². The summed E-state index contributed by atoms with van der Waals surface area (Å²) in [5, 5.41) is 10.8. The smallest absolute Gasteiger partial charge is 0.213 e. The average molecular weight is 165 g/mol. The Morgan fingerprint density at radius 2 is 2.50 bits per heavy atom. The minimum atomic E-state index is -0.311. The van der Waals surface area contributed by atoms with Gasteiger partial charge in [-0.05, 0) is 6.07 Å². The zero-order valence-electron chi connectivity index (χ0n) is 6.64. The molecular weight excluding hydrogens is 156 g/mol. The molecule has 0 unspecified atom stereocenters. The number of rotatable bonds is 2. The van der Waals surface area contributed by atoms with Crippen LogP contribution < -0.4 is 4.57 Å². The van der Waals surface area contributed by atoms with Crippen molar-refractivity contribution in [3.63, 3.8) is 0 Å². The number of carbonyl (C=O) groups is 1. The highest BCUT2D eigenvalue weighted by atomic mass is 16.4. The zero-order valence-corrected chi connectivity index (χ0v) is 6.64. The van der Waals surface area contributed by atoms with E-state index in [1.165, 1.54) is 0 Å². The van der Waals surface area contributed by atoms with E-state index < -0.39 is 0 Å². The lowest BCUT2D eigenvalue weighted by Crippen LogP contribution is -2.27. The van der Waals surface area contributed by atoms with Gasteiger partial charge in [-0.2, -0.15) is 0 Å². The number of aromatic nitrogens is 1. The van der Waals surface area contributed by atoms with Crippen LogP contribution in [-0.2, 0) is 7.05 Å². The Balaban J connectivity index is 2.96. The van der Waals surface area contributed by atoms with Gasteiger partial charge in [-0.25, -0.2) is 4.57 Å². The molecule has 0 amide bonds. The second-order valence-electron chi connectivity index (χ2n) is 2.37. The lowest BCUT2D eigenvalue weighted by Gasteiger charge is -1.90. The molecule has 1 rings (SSSR count). The monoisotopic (exact) mass is 165 g/mol. The maximum atomic E-state index is 11.1. The summed E-state index contributed by atoms with van der Waals surface area (Å²) in [7, 11) is 1.81. The van der Waals surface area contributed by atoms with E-state index in [4.69, 9.17) is 5.21 Å². The minimum Gasteiger partial charge on any atom is -0.411 e. The van der Waals surface area contributed by atoms with Crippen molar-refractivity contribution in [1.82, 2.24) is 0 Å². The van der Waals surface area contributed by atoms with Crippen LogP contribution in [0, 0.1) is 0 Å². The van der Waals surface area contributed by atoms with E-state index in [-0.39, 0.29) is 5.78 Å². The maximum Gasteiger partial charge on any atom is 0.213 e. The molecule has 1 aromatic heterocycles. The number of pyridine rings is 1. The van der Waals surface area contributed by atoms with Crippen LogP contribution in [0.4, 0.5) is 0 Å². The topological polar surface area (TPSA) is 53.5 Å². The molecule has 0 aliphatic rings. The van der Waals surface area contributed by atoms with E-state index in [0.29, 0.717) is 5.56 Å². The third-order valence-electron chi connectivity index (χ3n) is 1.40. The SMILES string of the molecule is C[n+]1cccc(C(=O)C=NO)c1. The molecule has 0 atom stereocenters. The van der Waals surface area contributed by atoms with Crippen molar-refractivity contribution in [3.8, 4) is 0 Å². The number of nitrogens with zero attached hydrogens (tertiary/aromatic N) is 2. The normalized spacial score (nSPS) is 10.4. The van der Waals surface area contributed by atoms with Crippen molar-refractivity contribution >= 4 is 12.0 Å². The van der Waals surface area contributed by atoms with Crippen molar-refractivity contribution in [2.24, 2.45) is 12.2 Å². The molecule has 62 valence electrons. The van der Waals surface area contributed by atoms with Crippen molar-refractivity contribution in [1.29, 1.82) is 0 Å². The van der Waals surface area contributed by atoms with Gasteiger partial charge in [0.1, 0.15) is 13.3 Å². The molecule has 1 heterocycles. The second kappa shape index (κ2) is 3.61. The molecule has 12 heavy (non-hydrogen) atoms. The van der Waals surface area contributed by atoms with Gasteiger partial charge in [0, 0.05) is 6.07 Å². The maximum absolute atomic E-state index is 11.1. The third kappa shape index (κ3) is 1.88. The van der Waals surface area contributed by atoms with E-state index in [9.17, 15) is 4.79 Å². The average Bonchev–Trinajstić information content (AvgIpc) is 2.05. The molecule has 4 nitrogen and oxygen atoms in total. The Labute approximate surface area is 69.8 Å². The summed E-state index contributed by atoms with van der Waals surface area (Å²) >= 11 is 0. The zero-order chi connectivity index (χ0) is 8.97. The fourth-order valence-corrected chi connectivity index (χ4v) is 0.861. The molecule has 0 aromatic carbocycles. The highest BCUT2D eigenvalue weighted by Gasteiger charge is 2.05. The number of ketones is 1. The van der Waals surface area contributed by atoms with Crippen LogP contribution >= 0.6 is 0 Å². The van der Waals surface area contributed by atoms with Gasteiger partial charge in [0.15, 0.2) is 12.4 Å². The molecule has 1 N–H and O–H groups in total. The fourth-order valence-electron chi connectivity index (χ4n) is 0.861. The quantitative estimate of drug-likeness (QED) is 0.223. The first-order valence-electron chi connectivity index (χ1n) is 3.41. The molecule has 0 aliphatic carbocycles. The number of Topliss-reactive ketones (excluding diaryl/α,β-unsaturated/α-hetero) is 1. The van der Waals surface area contributed by atoms with Crippen molar-refractivity contribution in [2.45, 2.75) is 0 Å². The van der Waals surface area contributed by atoms with E-state index in [2.05, 4.69) is 5.16 Å². The molecule has 0 saturated heterocycles. The summed E-state index contributed by atoms with van der Waals surface area (Å²) in [6.07, 6.45) is 4.34. The van der Waals surface area contributed by atoms with Crippen LogP contribution in [0.5, 0.6) is 0 Å². The van der Waals surface area contributed by atoms with Crippen molar-refractivity contribution < 1.29 is 14.6 Å². The molecule has 0 spiro atoms. The molecular formula is C8H9N2O2+. The molecule has 1 aromatic rings. The van der Waals surface area contributed by atoms with E-state index in [1.807, 2.05) is 13.2 Å². The lowest BCUT2D eigenvalue weighted by atomic mass is 10.2. The first-order chi connectivity index (χ1) is 5.74. The highest BCUT2D eigenvalue weighted by Crippen LogP contribution is 1.93. The summed E-state index contributed by atoms with van der Waals surface area (Å²) in [5.74, 6) is -0.311. The molecule has 0 saturated carbocycles. The number of carbonyl (C=O) groups excluding carboxylic acids is 1. The Hall–Kier alpha value is -1.71. The minimum absolute atomic E-state index is 0.311. The number of hydrogen-bond donors (Lipinski definition) is 1. The van der Waals surface area contributed by atoms with E-state index in [0.717, 1.165) is 6.21 Å². The summed E-state index contributed by atoms with van der Waals surface area (Å²) in [4.78, 5) is 11.1. The van der Waals surface area contributed by atoms with Gasteiger partial charge < -0.3 is 5.21 Å². The van der Waals surface area contributed by atoms with Gasteiger partial charge in [0.05, 0.1) is 5.56 Å². The van der Waals surface area contributed by atoms with Crippen LogP contribution in [0.1, 0.15) is 10.4 Å². The van der Waals surface area contributed by atoms with Gasteiger partial charge >= 0.3 is 0 Å². The van der Waals surface area contributed by atoms with Gasteiger partial charge in [-0.1, -0.05) is 5.16 Å². The van der Waals surface area contributed by atoms with Crippen molar-refractivity contribution in [3.05, 3.63) is 30.1 Å². The molecule has 0 aliphatic heterocycles. The van der Waals surface area contributed by atoms with Crippen LogP contribution in [0.3, 0.4) is 0 Å². The summed E-state index contributed by atoms with van der Waals surface area (Å²) in [6.45, 7) is 0. The summed E-state index contributed by atoms with van der Waals surface area (Å²) in [5.41, 5.74) is 0.498.